The Morgan fingerprint density at radius 2 is 1.70 bits per heavy atom. The molecule has 0 heterocycles. The third-order valence-electron chi connectivity index (χ3n) is 1.66. The first-order chi connectivity index (χ1) is 4.54. The molecule has 0 saturated heterocycles. The molecule has 0 radical (unpaired) electrons. The van der Waals surface area contributed by atoms with Gasteiger partial charge in [-0.3, -0.25) is 4.79 Å². The summed E-state index contributed by atoms with van der Waals surface area (Å²) in [4.78, 5) is 10.6. The van der Waals surface area contributed by atoms with E-state index in [0.717, 1.165) is 0 Å². The molecule has 0 aliphatic carbocycles. The van der Waals surface area contributed by atoms with Gasteiger partial charge >= 0.3 is 0 Å². The van der Waals surface area contributed by atoms with E-state index in [-0.39, 0.29) is 5.78 Å². The number of Topliss-reactive ketones (excluding diaryl/α,β-unsaturated/α-hetero) is 1. The molecule has 0 amide bonds. The van der Waals surface area contributed by atoms with Gasteiger partial charge in [0.25, 0.3) is 0 Å². The normalized spacial score (nSPS) is 11.5. The molecule has 0 aromatic rings. The van der Waals surface area contributed by atoms with Crippen molar-refractivity contribution in [2.45, 2.75) is 20.8 Å². The molecule has 0 atom stereocenters. The Hall–Kier alpha value is -0.100. The van der Waals surface area contributed by atoms with Crippen molar-refractivity contribution < 1.29 is 9.36 Å². The van der Waals surface area contributed by atoms with Gasteiger partial charge in [-0.2, -0.15) is 0 Å². The topological polar surface area (TPSA) is 34.1 Å². The van der Waals surface area contributed by atoms with Crippen molar-refractivity contribution in [2.24, 2.45) is 0 Å². The Morgan fingerprint density at radius 3 is 1.80 bits per heavy atom. The Balaban J connectivity index is 4.07. The number of ketones is 1. The first-order valence-electron chi connectivity index (χ1n) is 3.60. The lowest BCUT2D eigenvalue weighted by molar-refractivity contribution is -0.114. The number of rotatable bonds is 4. The molecule has 3 heteroatoms. The summed E-state index contributed by atoms with van der Waals surface area (Å²) in [6, 6.07) is 0. The van der Waals surface area contributed by atoms with Crippen LogP contribution in [0.1, 0.15) is 20.8 Å². The van der Waals surface area contributed by atoms with Gasteiger partial charge in [0.1, 0.15) is 5.78 Å². The van der Waals surface area contributed by atoms with Gasteiger partial charge in [0, 0.05) is 0 Å². The summed E-state index contributed by atoms with van der Waals surface area (Å²) >= 11 is 0. The van der Waals surface area contributed by atoms with Crippen LogP contribution in [0.4, 0.5) is 0 Å². The van der Waals surface area contributed by atoms with E-state index in [1.165, 1.54) is 6.92 Å². The summed E-state index contributed by atoms with van der Waals surface area (Å²) in [6.07, 6.45) is 1.60. The molecule has 0 fully saturated rings. The molecule has 0 unspecified atom stereocenters. The molecule has 0 aromatic heterocycles. The van der Waals surface area contributed by atoms with Crippen LogP contribution in [0.15, 0.2) is 0 Å². The van der Waals surface area contributed by atoms with Crippen LogP contribution in [0, 0.1) is 0 Å². The standard InChI is InChI=1S/C7H15O2P/c1-4-10(9,5-2)6-7(3)8/h4-6H2,1-3H3. The van der Waals surface area contributed by atoms with Crippen LogP contribution in [0.5, 0.6) is 0 Å². The van der Waals surface area contributed by atoms with Gasteiger partial charge in [0.05, 0.1) is 13.3 Å². The average molecular weight is 162 g/mol. The fraction of sp³-hybridized carbons (Fsp3) is 0.857. The SMILES string of the molecule is CCP(=O)(CC)CC(C)=O. The first kappa shape index (κ1) is 9.90. The maximum Gasteiger partial charge on any atom is 0.137 e. The minimum absolute atomic E-state index is 0.0482. The third-order valence-corrected chi connectivity index (χ3v) is 4.99. The zero-order valence-corrected chi connectivity index (χ0v) is 7.78. The lowest BCUT2D eigenvalue weighted by Gasteiger charge is -2.10. The van der Waals surface area contributed by atoms with Crippen molar-refractivity contribution in [1.29, 1.82) is 0 Å². The summed E-state index contributed by atoms with van der Waals surface area (Å²) in [5.74, 6) is 0.0482. The van der Waals surface area contributed by atoms with Crippen LogP contribution in [-0.4, -0.2) is 24.3 Å². The number of carbonyl (C=O) groups excluding carboxylic acids is 1. The van der Waals surface area contributed by atoms with Crippen molar-refractivity contribution in [2.75, 3.05) is 18.5 Å². The summed E-state index contributed by atoms with van der Waals surface area (Å²) in [5.41, 5.74) is 0. The molecule has 2 nitrogen and oxygen atoms in total. The maximum absolute atomic E-state index is 11.5. The van der Waals surface area contributed by atoms with Crippen LogP contribution < -0.4 is 0 Å². The molecule has 0 N–H and O–H groups in total. The largest absolute Gasteiger partial charge is 0.323 e. The van der Waals surface area contributed by atoms with E-state index in [1.807, 2.05) is 13.8 Å². The second-order valence-electron chi connectivity index (χ2n) is 2.55. The maximum atomic E-state index is 11.5. The minimum atomic E-state index is -2.09. The van der Waals surface area contributed by atoms with Crippen molar-refractivity contribution in [3.05, 3.63) is 0 Å². The number of carbonyl (C=O) groups is 1. The van der Waals surface area contributed by atoms with Crippen LogP contribution in [-0.2, 0) is 9.36 Å². The van der Waals surface area contributed by atoms with Crippen molar-refractivity contribution in [3.63, 3.8) is 0 Å². The van der Waals surface area contributed by atoms with Crippen molar-refractivity contribution in [1.82, 2.24) is 0 Å². The molecular formula is C7H15O2P. The van der Waals surface area contributed by atoms with Gasteiger partial charge in [0.2, 0.25) is 0 Å². The third kappa shape index (κ3) is 3.17. The smallest absolute Gasteiger partial charge is 0.137 e. The van der Waals surface area contributed by atoms with Gasteiger partial charge in [-0.25, -0.2) is 0 Å². The summed E-state index contributed by atoms with van der Waals surface area (Å²) < 4.78 is 11.5. The second kappa shape index (κ2) is 3.92. The molecule has 60 valence electrons. The quantitative estimate of drug-likeness (QED) is 0.592. The van der Waals surface area contributed by atoms with Gasteiger partial charge in [-0.15, -0.1) is 0 Å². The second-order valence-corrected chi connectivity index (χ2v) is 6.25. The van der Waals surface area contributed by atoms with Crippen LogP contribution >= 0.6 is 7.14 Å². The highest BCUT2D eigenvalue weighted by molar-refractivity contribution is 7.64. The number of hydrogen-bond acceptors (Lipinski definition) is 2. The predicted octanol–water partition coefficient (Wildman–Crippen LogP) is 1.98. The van der Waals surface area contributed by atoms with Gasteiger partial charge in [-0.1, -0.05) is 13.8 Å². The fourth-order valence-electron chi connectivity index (χ4n) is 0.853. The zero-order valence-electron chi connectivity index (χ0n) is 6.89. The Labute approximate surface area is 62.4 Å². The molecule has 0 aliphatic heterocycles. The molecule has 0 spiro atoms. The van der Waals surface area contributed by atoms with Gasteiger partial charge < -0.3 is 4.57 Å². The Kier molecular flexibility index (Phi) is 3.88. The summed E-state index contributed by atoms with van der Waals surface area (Å²) in [5, 5.41) is 0. The van der Waals surface area contributed by atoms with E-state index in [2.05, 4.69) is 0 Å². The van der Waals surface area contributed by atoms with Crippen molar-refractivity contribution >= 4 is 12.9 Å². The van der Waals surface area contributed by atoms with Gasteiger partial charge in [0.15, 0.2) is 0 Å². The van der Waals surface area contributed by atoms with E-state index in [4.69, 9.17) is 0 Å². The fourth-order valence-corrected chi connectivity index (χ4v) is 2.56. The number of hydrogen-bond donors (Lipinski definition) is 0. The Morgan fingerprint density at radius 1 is 1.30 bits per heavy atom. The highest BCUT2D eigenvalue weighted by atomic mass is 31.2. The molecule has 0 saturated carbocycles. The molecular weight excluding hydrogens is 147 g/mol. The van der Waals surface area contributed by atoms with E-state index >= 15 is 0 Å². The Bertz CT molecular complexity index is 155. The van der Waals surface area contributed by atoms with Gasteiger partial charge in [-0.05, 0) is 19.2 Å². The molecule has 0 rings (SSSR count). The monoisotopic (exact) mass is 162 g/mol. The molecule has 0 aromatic carbocycles. The summed E-state index contributed by atoms with van der Waals surface area (Å²) in [7, 11) is -2.09. The van der Waals surface area contributed by atoms with Crippen molar-refractivity contribution in [3.8, 4) is 0 Å². The van der Waals surface area contributed by atoms with E-state index < -0.39 is 7.14 Å². The zero-order chi connectivity index (χ0) is 8.20. The average Bonchev–Trinajstić information content (AvgIpc) is 1.87. The molecule has 0 bridgehead atoms. The lowest BCUT2D eigenvalue weighted by Crippen LogP contribution is -2.03. The van der Waals surface area contributed by atoms with E-state index in [9.17, 15) is 9.36 Å². The van der Waals surface area contributed by atoms with Crippen LogP contribution in [0.25, 0.3) is 0 Å². The summed E-state index contributed by atoms with van der Waals surface area (Å²) in [6.45, 7) is 5.26. The van der Waals surface area contributed by atoms with E-state index in [1.54, 1.807) is 0 Å². The predicted molar refractivity (Wildman–Crippen MR) is 44.2 cm³/mol. The minimum Gasteiger partial charge on any atom is -0.323 e. The first-order valence-corrected chi connectivity index (χ1v) is 5.87. The highest BCUT2D eigenvalue weighted by Crippen LogP contribution is 2.43. The molecule has 10 heavy (non-hydrogen) atoms. The van der Waals surface area contributed by atoms with Crippen LogP contribution in [0.3, 0.4) is 0 Å². The van der Waals surface area contributed by atoms with E-state index in [0.29, 0.717) is 18.5 Å². The lowest BCUT2D eigenvalue weighted by atomic mass is 10.5. The van der Waals surface area contributed by atoms with Crippen LogP contribution in [0.2, 0.25) is 0 Å². The highest BCUT2D eigenvalue weighted by Gasteiger charge is 2.18. The molecule has 0 aliphatic rings.